The lowest BCUT2D eigenvalue weighted by Gasteiger charge is -2.33. The maximum absolute atomic E-state index is 13.8. The van der Waals surface area contributed by atoms with Crippen molar-refractivity contribution < 1.29 is 4.79 Å². The molecule has 0 fully saturated rings. The summed E-state index contributed by atoms with van der Waals surface area (Å²) < 4.78 is 0. The van der Waals surface area contributed by atoms with Crippen LogP contribution < -0.4 is 5.32 Å². The van der Waals surface area contributed by atoms with E-state index in [2.05, 4.69) is 115 Å². The first-order chi connectivity index (χ1) is 20.8. The van der Waals surface area contributed by atoms with E-state index in [4.69, 9.17) is 4.99 Å². The van der Waals surface area contributed by atoms with Crippen molar-refractivity contribution in [2.24, 2.45) is 16.8 Å². The molecule has 0 radical (unpaired) electrons. The Morgan fingerprint density at radius 2 is 1.45 bits per heavy atom. The number of carbonyl (C=O) groups excluding carboxylic acids is 1. The van der Waals surface area contributed by atoms with Gasteiger partial charge in [0.15, 0.2) is 5.78 Å². The van der Waals surface area contributed by atoms with Crippen molar-refractivity contribution in [2.75, 3.05) is 0 Å². The smallest absolute Gasteiger partial charge is 0.174 e. The number of nitrogens with one attached hydrogen (secondary N) is 1. The van der Waals surface area contributed by atoms with Gasteiger partial charge in [-0.1, -0.05) is 109 Å². The van der Waals surface area contributed by atoms with E-state index < -0.39 is 0 Å². The lowest BCUT2D eigenvalue weighted by atomic mass is 9.73. The minimum absolute atomic E-state index is 0.0759. The van der Waals surface area contributed by atoms with Gasteiger partial charge in [-0.15, -0.1) is 0 Å². The van der Waals surface area contributed by atoms with E-state index in [1.165, 1.54) is 39.0 Å². The molecule has 0 saturated carbocycles. The highest BCUT2D eigenvalue weighted by Gasteiger charge is 2.49. The second kappa shape index (κ2) is 8.99. The number of nitrogens with zero attached hydrogens (tertiary/aromatic N) is 1. The zero-order chi connectivity index (χ0) is 27.8. The molecule has 2 aliphatic heterocycles. The minimum atomic E-state index is -0.153. The van der Waals surface area contributed by atoms with Gasteiger partial charge in [0, 0.05) is 11.5 Å². The minimum Gasteiger partial charge on any atom is -0.380 e. The molecule has 2 heterocycles. The topological polar surface area (TPSA) is 41.5 Å². The molecule has 0 aromatic heterocycles. The zero-order valence-electron chi connectivity index (χ0n) is 23.0. The molecule has 0 saturated heterocycles. The predicted octanol–water partition coefficient (Wildman–Crippen LogP) is 8.26. The Balaban J connectivity index is 1.06. The van der Waals surface area contributed by atoms with Gasteiger partial charge in [0.05, 0.1) is 29.3 Å². The van der Waals surface area contributed by atoms with Crippen molar-refractivity contribution in [2.45, 2.75) is 18.4 Å². The molecule has 4 unspecified atom stereocenters. The SMILES string of the molecule is O=C1c2ccccc2C2NC=CC3=C2C1C1=CC=C(c2ccc(C4=Nc5ccccc5C4c4ccccc4)cc2)CC13. The summed E-state index contributed by atoms with van der Waals surface area (Å²) in [6.45, 7) is 0. The van der Waals surface area contributed by atoms with E-state index in [-0.39, 0.29) is 29.6 Å². The molecule has 0 bridgehead atoms. The Morgan fingerprint density at radius 3 is 2.31 bits per heavy atom. The molecule has 42 heavy (non-hydrogen) atoms. The van der Waals surface area contributed by atoms with Gasteiger partial charge in [-0.2, -0.15) is 0 Å². The molecule has 3 aliphatic carbocycles. The average molecular weight is 541 g/mol. The summed E-state index contributed by atoms with van der Waals surface area (Å²) in [6, 6.07) is 36.3. The molecule has 4 atom stereocenters. The van der Waals surface area contributed by atoms with Crippen molar-refractivity contribution in [1.82, 2.24) is 5.32 Å². The number of hydrogen-bond acceptors (Lipinski definition) is 3. The Morgan fingerprint density at radius 1 is 0.714 bits per heavy atom. The Bertz CT molecular complexity index is 1960. The zero-order valence-corrected chi connectivity index (χ0v) is 23.0. The number of Topliss-reactive ketones (excluding diaryl/α,β-unsaturated/α-hetero) is 1. The summed E-state index contributed by atoms with van der Waals surface area (Å²) in [5.74, 6) is 0.455. The number of hydrogen-bond donors (Lipinski definition) is 1. The molecule has 0 amide bonds. The quantitative estimate of drug-likeness (QED) is 0.284. The van der Waals surface area contributed by atoms with Crippen LogP contribution >= 0.6 is 0 Å². The molecule has 3 heteroatoms. The van der Waals surface area contributed by atoms with Gasteiger partial charge in [0.2, 0.25) is 0 Å². The second-order valence-corrected chi connectivity index (χ2v) is 11.8. The van der Waals surface area contributed by atoms with Crippen LogP contribution in [0.4, 0.5) is 5.69 Å². The van der Waals surface area contributed by atoms with Crippen LogP contribution in [0, 0.1) is 11.8 Å². The number of ketones is 1. The van der Waals surface area contributed by atoms with Gasteiger partial charge in [0.25, 0.3) is 0 Å². The molecule has 3 nitrogen and oxygen atoms in total. The summed E-state index contributed by atoms with van der Waals surface area (Å²) in [4.78, 5) is 18.9. The van der Waals surface area contributed by atoms with E-state index in [9.17, 15) is 4.79 Å². The Labute approximate surface area is 245 Å². The summed E-state index contributed by atoms with van der Waals surface area (Å²) in [6.07, 6.45) is 9.67. The summed E-state index contributed by atoms with van der Waals surface area (Å²) >= 11 is 0. The van der Waals surface area contributed by atoms with Crippen LogP contribution in [0.25, 0.3) is 5.57 Å². The van der Waals surface area contributed by atoms with Crippen LogP contribution in [0.2, 0.25) is 0 Å². The molecule has 9 rings (SSSR count). The molecular formula is C39H28N2O. The number of rotatable bonds is 3. The lowest BCUT2D eigenvalue weighted by Crippen LogP contribution is -2.34. The van der Waals surface area contributed by atoms with Crippen LogP contribution in [0.5, 0.6) is 0 Å². The van der Waals surface area contributed by atoms with E-state index in [0.717, 1.165) is 34.5 Å². The van der Waals surface area contributed by atoms with Gasteiger partial charge >= 0.3 is 0 Å². The standard InChI is InChI=1S/C39H28N2O/c42-39-30-11-5-4-10-29(30)38-35-28(20-21-40-38)32-22-26(18-19-27(32)36(35)39)23-14-16-25(17-15-23)37-34(24-8-2-1-3-9-24)31-12-6-7-13-33(31)41-37/h1-21,32,34,36,38,40H,22H2. The maximum atomic E-state index is 13.8. The first-order valence-corrected chi connectivity index (χ1v) is 14.8. The molecule has 0 spiro atoms. The fourth-order valence-corrected chi connectivity index (χ4v) is 7.86. The number of para-hydroxylation sites is 1. The highest BCUT2D eigenvalue weighted by Crippen LogP contribution is 2.56. The lowest BCUT2D eigenvalue weighted by molar-refractivity contribution is 0.0944. The first kappa shape index (κ1) is 23.7. The number of carbonyl (C=O) groups is 1. The van der Waals surface area contributed by atoms with Crippen LogP contribution in [0.3, 0.4) is 0 Å². The fraction of sp³-hybridized carbons (Fsp3) is 0.128. The second-order valence-electron chi connectivity index (χ2n) is 11.8. The maximum Gasteiger partial charge on any atom is 0.174 e. The summed E-state index contributed by atoms with van der Waals surface area (Å²) in [7, 11) is 0. The third kappa shape index (κ3) is 3.34. The number of benzene rings is 4. The van der Waals surface area contributed by atoms with Crippen molar-refractivity contribution >= 4 is 22.8 Å². The largest absolute Gasteiger partial charge is 0.380 e. The van der Waals surface area contributed by atoms with E-state index in [1.54, 1.807) is 0 Å². The highest BCUT2D eigenvalue weighted by molar-refractivity contribution is 6.12. The van der Waals surface area contributed by atoms with Gasteiger partial charge in [-0.05, 0) is 74.9 Å². The molecular weight excluding hydrogens is 512 g/mol. The molecule has 4 aromatic carbocycles. The highest BCUT2D eigenvalue weighted by atomic mass is 16.1. The van der Waals surface area contributed by atoms with Crippen LogP contribution in [0.1, 0.15) is 56.6 Å². The third-order valence-electron chi connectivity index (χ3n) is 9.74. The fourth-order valence-electron chi connectivity index (χ4n) is 7.86. The Kier molecular flexibility index (Phi) is 5.06. The predicted molar refractivity (Wildman–Crippen MR) is 168 cm³/mol. The number of allylic oxidation sites excluding steroid dienone is 6. The van der Waals surface area contributed by atoms with E-state index in [0.29, 0.717) is 0 Å². The van der Waals surface area contributed by atoms with Crippen molar-refractivity contribution in [3.63, 3.8) is 0 Å². The van der Waals surface area contributed by atoms with E-state index in [1.807, 2.05) is 18.2 Å². The van der Waals surface area contributed by atoms with Crippen molar-refractivity contribution in [3.8, 4) is 0 Å². The van der Waals surface area contributed by atoms with Crippen molar-refractivity contribution in [1.29, 1.82) is 0 Å². The Hall–Kier alpha value is -5.02. The molecule has 4 aromatic rings. The van der Waals surface area contributed by atoms with Crippen LogP contribution in [-0.2, 0) is 0 Å². The van der Waals surface area contributed by atoms with Crippen LogP contribution in [0.15, 0.2) is 149 Å². The molecule has 200 valence electrons. The van der Waals surface area contributed by atoms with Gasteiger partial charge in [-0.3, -0.25) is 9.79 Å². The van der Waals surface area contributed by atoms with Gasteiger partial charge < -0.3 is 5.32 Å². The average Bonchev–Trinajstić information content (AvgIpc) is 3.61. The van der Waals surface area contributed by atoms with Crippen LogP contribution in [-0.4, -0.2) is 11.5 Å². The number of aliphatic imine (C=N–C) groups is 1. The third-order valence-corrected chi connectivity index (χ3v) is 9.74. The molecule has 1 N–H and O–H groups in total. The summed E-state index contributed by atoms with van der Waals surface area (Å²) in [5, 5.41) is 3.56. The normalized spacial score (nSPS) is 24.6. The number of fused-ring (bicyclic) bond motifs is 6. The van der Waals surface area contributed by atoms with E-state index >= 15 is 0 Å². The van der Waals surface area contributed by atoms with Gasteiger partial charge in [0.1, 0.15) is 0 Å². The number of dihydropyridines is 1. The van der Waals surface area contributed by atoms with Crippen molar-refractivity contribution in [3.05, 3.63) is 178 Å². The first-order valence-electron chi connectivity index (χ1n) is 14.8. The summed E-state index contributed by atoms with van der Waals surface area (Å²) in [5.41, 5.74) is 14.2. The van der Waals surface area contributed by atoms with Gasteiger partial charge in [-0.25, -0.2) is 0 Å². The monoisotopic (exact) mass is 540 g/mol. The molecule has 5 aliphatic rings.